The van der Waals surface area contributed by atoms with Crippen molar-refractivity contribution in [3.05, 3.63) is 106 Å². The van der Waals surface area contributed by atoms with Gasteiger partial charge >= 0.3 is 6.18 Å². The van der Waals surface area contributed by atoms with Crippen LogP contribution in [0, 0.1) is 6.92 Å². The summed E-state index contributed by atoms with van der Waals surface area (Å²) >= 11 is 0. The summed E-state index contributed by atoms with van der Waals surface area (Å²) in [6.07, 6.45) is -3.72. The van der Waals surface area contributed by atoms with Crippen LogP contribution in [0.1, 0.15) is 53.3 Å². The van der Waals surface area contributed by atoms with Crippen molar-refractivity contribution in [2.24, 2.45) is 0 Å². The zero-order valence-electron chi connectivity index (χ0n) is 20.0. The van der Waals surface area contributed by atoms with Gasteiger partial charge in [0.05, 0.1) is 5.56 Å². The van der Waals surface area contributed by atoms with Crippen LogP contribution in [0.5, 0.6) is 0 Å². The Kier molecular flexibility index (Phi) is 5.80. The van der Waals surface area contributed by atoms with Crippen LogP contribution in [0.2, 0.25) is 0 Å². The van der Waals surface area contributed by atoms with E-state index in [-0.39, 0.29) is 0 Å². The van der Waals surface area contributed by atoms with E-state index in [1.807, 2.05) is 31.2 Å². The Morgan fingerprint density at radius 3 is 1.86 bits per heavy atom. The molecule has 0 aromatic heterocycles. The van der Waals surface area contributed by atoms with E-state index >= 15 is 0 Å². The topological polar surface area (TPSA) is 20.2 Å². The first kappa shape index (κ1) is 23.4. The molecule has 35 heavy (non-hydrogen) atoms. The van der Waals surface area contributed by atoms with Crippen LogP contribution in [-0.2, 0) is 19.0 Å². The number of halogens is 3. The predicted molar refractivity (Wildman–Crippen MR) is 135 cm³/mol. The highest BCUT2D eigenvalue weighted by atomic mass is 19.4. The summed E-state index contributed by atoms with van der Waals surface area (Å²) < 4.78 is 39.9. The Hall–Kier alpha value is -3.37. The van der Waals surface area contributed by atoms with Gasteiger partial charge in [-0.05, 0) is 82.0 Å². The van der Waals surface area contributed by atoms with E-state index in [0.717, 1.165) is 86.2 Å². The van der Waals surface area contributed by atoms with Crippen LogP contribution in [-0.4, -0.2) is 5.11 Å². The van der Waals surface area contributed by atoms with Crippen LogP contribution in [0.3, 0.4) is 0 Å². The molecule has 1 N–H and O–H groups in total. The van der Waals surface area contributed by atoms with Crippen molar-refractivity contribution in [2.45, 2.75) is 45.9 Å². The van der Waals surface area contributed by atoms with Gasteiger partial charge in [0.25, 0.3) is 0 Å². The fourth-order valence-electron chi connectivity index (χ4n) is 5.52. The Labute approximate surface area is 203 Å². The van der Waals surface area contributed by atoms with E-state index in [1.165, 1.54) is 0 Å². The second-order valence-electron chi connectivity index (χ2n) is 9.13. The van der Waals surface area contributed by atoms with Gasteiger partial charge in [-0.25, -0.2) is 0 Å². The number of aliphatic hydroxyl groups excluding tert-OH is 1. The molecule has 1 aliphatic carbocycles. The van der Waals surface area contributed by atoms with Crippen molar-refractivity contribution >= 4 is 0 Å². The third kappa shape index (κ3) is 3.77. The lowest BCUT2D eigenvalue weighted by Crippen LogP contribution is -2.07. The molecule has 4 aromatic carbocycles. The standard InChI is InChI=1S/C31H27F3O/c1-4-22-23(5-2)27(19-12-10-18(3)11-13-19)29-28(24-8-6-7-9-25(24)30(29)35)26(22)20-14-16-21(17-15-20)31(32,33)34/h6-17,30,35H,4-5H2,1-3H3. The smallest absolute Gasteiger partial charge is 0.384 e. The SMILES string of the molecule is CCc1c(CC)c(-c2ccc(C)cc2)c2c(c1-c1ccc(C(F)(F)F)cc1)-c1ccccc1C2O. The molecule has 1 nitrogen and oxygen atoms in total. The first-order chi connectivity index (χ1) is 16.8. The van der Waals surface area contributed by atoms with Gasteiger partial charge in [0.15, 0.2) is 0 Å². The van der Waals surface area contributed by atoms with Gasteiger partial charge in [-0.2, -0.15) is 13.2 Å². The second kappa shape index (κ2) is 8.69. The van der Waals surface area contributed by atoms with Crippen LogP contribution >= 0.6 is 0 Å². The Balaban J connectivity index is 1.90. The molecule has 0 spiro atoms. The van der Waals surface area contributed by atoms with Gasteiger partial charge < -0.3 is 5.11 Å². The van der Waals surface area contributed by atoms with Gasteiger partial charge in [0.1, 0.15) is 6.10 Å². The summed E-state index contributed by atoms with van der Waals surface area (Å²) in [5.74, 6) is 0. The minimum absolute atomic E-state index is 0.664. The van der Waals surface area contributed by atoms with Crippen molar-refractivity contribution in [2.75, 3.05) is 0 Å². The largest absolute Gasteiger partial charge is 0.416 e. The van der Waals surface area contributed by atoms with Gasteiger partial charge in [0, 0.05) is 5.56 Å². The molecule has 0 heterocycles. The van der Waals surface area contributed by atoms with Crippen molar-refractivity contribution in [3.63, 3.8) is 0 Å². The maximum absolute atomic E-state index is 13.3. The lowest BCUT2D eigenvalue weighted by Gasteiger charge is -2.25. The normalized spacial score (nSPS) is 14.7. The second-order valence-corrected chi connectivity index (χ2v) is 9.13. The molecule has 1 aliphatic rings. The molecule has 4 heteroatoms. The fourth-order valence-corrected chi connectivity index (χ4v) is 5.52. The maximum Gasteiger partial charge on any atom is 0.416 e. The Bertz CT molecular complexity index is 1400. The van der Waals surface area contributed by atoms with Crippen LogP contribution in [0.15, 0.2) is 72.8 Å². The van der Waals surface area contributed by atoms with Crippen LogP contribution in [0.25, 0.3) is 33.4 Å². The number of fused-ring (bicyclic) bond motifs is 3. The highest BCUT2D eigenvalue weighted by Crippen LogP contribution is 2.54. The molecular weight excluding hydrogens is 445 g/mol. The van der Waals surface area contributed by atoms with Crippen LogP contribution < -0.4 is 0 Å². The average Bonchev–Trinajstić information content (AvgIpc) is 3.15. The minimum Gasteiger partial charge on any atom is -0.384 e. The molecule has 0 fully saturated rings. The number of alkyl halides is 3. The molecule has 0 bridgehead atoms. The molecule has 0 radical (unpaired) electrons. The number of aliphatic hydroxyl groups is 1. The fraction of sp³-hybridized carbons (Fsp3) is 0.226. The zero-order chi connectivity index (χ0) is 24.9. The molecule has 178 valence electrons. The molecule has 4 aromatic rings. The van der Waals surface area contributed by atoms with E-state index in [4.69, 9.17) is 0 Å². The molecule has 0 saturated heterocycles. The van der Waals surface area contributed by atoms with Gasteiger partial charge in [-0.1, -0.05) is 80.1 Å². The minimum atomic E-state index is -4.39. The lowest BCUT2D eigenvalue weighted by atomic mass is 9.79. The van der Waals surface area contributed by atoms with Gasteiger partial charge in [-0.3, -0.25) is 0 Å². The monoisotopic (exact) mass is 472 g/mol. The molecule has 0 saturated carbocycles. The molecule has 1 atom stereocenters. The van der Waals surface area contributed by atoms with E-state index < -0.39 is 17.8 Å². The van der Waals surface area contributed by atoms with Crippen molar-refractivity contribution in [3.8, 4) is 33.4 Å². The van der Waals surface area contributed by atoms with Gasteiger partial charge in [-0.15, -0.1) is 0 Å². The summed E-state index contributed by atoms with van der Waals surface area (Å²) in [6, 6.07) is 21.6. The molecular formula is C31H27F3O. The van der Waals surface area contributed by atoms with Crippen LogP contribution in [0.4, 0.5) is 13.2 Å². The van der Waals surface area contributed by atoms with Crippen molar-refractivity contribution in [1.29, 1.82) is 0 Å². The number of benzene rings is 4. The van der Waals surface area contributed by atoms with E-state index in [2.05, 4.69) is 38.1 Å². The summed E-state index contributed by atoms with van der Waals surface area (Å²) in [5, 5.41) is 11.6. The zero-order valence-corrected chi connectivity index (χ0v) is 20.0. The number of hydrogen-bond donors (Lipinski definition) is 1. The lowest BCUT2D eigenvalue weighted by molar-refractivity contribution is -0.137. The third-order valence-electron chi connectivity index (χ3n) is 7.10. The summed E-state index contributed by atoms with van der Waals surface area (Å²) in [4.78, 5) is 0. The maximum atomic E-state index is 13.3. The Morgan fingerprint density at radius 2 is 1.26 bits per heavy atom. The molecule has 1 unspecified atom stereocenters. The third-order valence-corrected chi connectivity index (χ3v) is 7.10. The summed E-state index contributed by atoms with van der Waals surface area (Å²) in [5.41, 5.74) is 10.0. The number of hydrogen-bond acceptors (Lipinski definition) is 1. The molecule has 0 aliphatic heterocycles. The van der Waals surface area contributed by atoms with Crippen molar-refractivity contribution < 1.29 is 18.3 Å². The summed E-state index contributed by atoms with van der Waals surface area (Å²) in [6.45, 7) is 6.24. The van der Waals surface area contributed by atoms with E-state index in [1.54, 1.807) is 12.1 Å². The van der Waals surface area contributed by atoms with Gasteiger partial charge in [0.2, 0.25) is 0 Å². The first-order valence-corrected chi connectivity index (χ1v) is 12.0. The number of aryl methyl sites for hydroxylation is 1. The molecule has 0 amide bonds. The average molecular weight is 473 g/mol. The van der Waals surface area contributed by atoms with Crippen molar-refractivity contribution in [1.82, 2.24) is 0 Å². The highest BCUT2D eigenvalue weighted by molar-refractivity contribution is 5.99. The van der Waals surface area contributed by atoms with E-state index in [9.17, 15) is 18.3 Å². The quantitative estimate of drug-likeness (QED) is 0.316. The van der Waals surface area contributed by atoms with E-state index in [0.29, 0.717) is 0 Å². The summed E-state index contributed by atoms with van der Waals surface area (Å²) in [7, 11) is 0. The first-order valence-electron chi connectivity index (χ1n) is 12.0. The predicted octanol–water partition coefficient (Wildman–Crippen LogP) is 8.53. The molecule has 5 rings (SSSR count). The highest BCUT2D eigenvalue weighted by Gasteiger charge is 2.36. The number of rotatable bonds is 4. The Morgan fingerprint density at radius 1 is 0.714 bits per heavy atom.